The lowest BCUT2D eigenvalue weighted by Gasteiger charge is -2.19. The lowest BCUT2D eigenvalue weighted by molar-refractivity contribution is 0.507. The van der Waals surface area contributed by atoms with Crippen molar-refractivity contribution >= 4 is 29.0 Å². The zero-order chi connectivity index (χ0) is 11.5. The van der Waals surface area contributed by atoms with E-state index in [0.29, 0.717) is 22.3 Å². The van der Waals surface area contributed by atoms with Crippen LogP contribution in [0.4, 0.5) is 0 Å². The van der Waals surface area contributed by atoms with Crippen molar-refractivity contribution in [1.29, 1.82) is 5.41 Å². The lowest BCUT2D eigenvalue weighted by Crippen LogP contribution is -2.28. The summed E-state index contributed by atoms with van der Waals surface area (Å²) < 4.78 is 0. The first kappa shape index (κ1) is 11.7. The Kier molecular flexibility index (Phi) is 3.72. The number of amidine groups is 1. The van der Waals surface area contributed by atoms with E-state index in [4.69, 9.17) is 28.6 Å². The van der Waals surface area contributed by atoms with Gasteiger partial charge in [-0.2, -0.15) is 0 Å². The third-order valence-corrected chi connectivity index (χ3v) is 3.60. The second-order valence-electron chi connectivity index (χ2n) is 4.02. The van der Waals surface area contributed by atoms with E-state index >= 15 is 0 Å². The zero-order valence-corrected chi connectivity index (χ0v) is 10.5. The molecule has 0 spiro atoms. The zero-order valence-electron chi connectivity index (χ0n) is 8.97. The maximum Gasteiger partial charge on any atom is 0.100 e. The molecule has 1 heterocycles. The van der Waals surface area contributed by atoms with Gasteiger partial charge >= 0.3 is 0 Å². The Labute approximate surface area is 106 Å². The predicted octanol–water partition coefficient (Wildman–Crippen LogP) is 3.61. The fraction of sp³-hybridized carbons (Fsp3) is 0.417. The highest BCUT2D eigenvalue weighted by molar-refractivity contribution is 6.36. The quantitative estimate of drug-likeness (QED) is 0.636. The highest BCUT2D eigenvalue weighted by atomic mass is 35.5. The average molecular weight is 257 g/mol. The summed E-state index contributed by atoms with van der Waals surface area (Å²) in [4.78, 5) is 2.10. The molecule has 1 aromatic carbocycles. The first-order valence-electron chi connectivity index (χ1n) is 5.44. The second kappa shape index (κ2) is 5.07. The van der Waals surface area contributed by atoms with Crippen LogP contribution in [0.3, 0.4) is 0 Å². The van der Waals surface area contributed by atoms with Gasteiger partial charge in [0, 0.05) is 29.6 Å². The maximum absolute atomic E-state index is 8.03. The molecule has 0 atom stereocenters. The summed E-state index contributed by atoms with van der Waals surface area (Å²) in [6.07, 6.45) is 2.88. The van der Waals surface area contributed by atoms with Gasteiger partial charge in [0.15, 0.2) is 0 Å². The molecule has 0 bridgehead atoms. The van der Waals surface area contributed by atoms with Gasteiger partial charge in [0.25, 0.3) is 0 Å². The Balaban J connectivity index is 2.11. The minimum absolute atomic E-state index is 0.526. The van der Waals surface area contributed by atoms with Crippen molar-refractivity contribution in [3.8, 4) is 0 Å². The summed E-state index contributed by atoms with van der Waals surface area (Å²) in [6.45, 7) is 1.97. The van der Waals surface area contributed by atoms with Gasteiger partial charge in [0.2, 0.25) is 0 Å². The summed E-state index contributed by atoms with van der Waals surface area (Å²) in [7, 11) is 0. The predicted molar refractivity (Wildman–Crippen MR) is 68.7 cm³/mol. The standard InChI is InChI=1S/C12H14Cl2N2/c13-10-4-3-5-11(14)9(10)8-12(15)16-6-1-2-7-16/h3-5,15H,1-2,6-8H2. The fourth-order valence-electron chi connectivity index (χ4n) is 1.97. The van der Waals surface area contributed by atoms with E-state index in [1.54, 1.807) is 0 Å². The topological polar surface area (TPSA) is 27.1 Å². The van der Waals surface area contributed by atoms with Gasteiger partial charge in [0.1, 0.15) is 5.84 Å². The van der Waals surface area contributed by atoms with E-state index < -0.39 is 0 Å². The van der Waals surface area contributed by atoms with E-state index in [-0.39, 0.29) is 0 Å². The fourth-order valence-corrected chi connectivity index (χ4v) is 2.50. The van der Waals surface area contributed by atoms with Crippen molar-refractivity contribution < 1.29 is 0 Å². The van der Waals surface area contributed by atoms with Gasteiger partial charge in [-0.1, -0.05) is 29.3 Å². The number of nitrogens with one attached hydrogen (secondary N) is 1. The number of nitrogens with zero attached hydrogens (tertiary/aromatic N) is 1. The molecule has 16 heavy (non-hydrogen) atoms. The molecule has 0 saturated carbocycles. The van der Waals surface area contributed by atoms with Crippen molar-refractivity contribution in [3.63, 3.8) is 0 Å². The highest BCUT2D eigenvalue weighted by Gasteiger charge is 2.17. The molecule has 0 radical (unpaired) electrons. The van der Waals surface area contributed by atoms with Gasteiger partial charge < -0.3 is 4.90 Å². The van der Waals surface area contributed by atoms with Crippen LogP contribution in [-0.4, -0.2) is 23.8 Å². The maximum atomic E-state index is 8.03. The molecule has 1 saturated heterocycles. The summed E-state index contributed by atoms with van der Waals surface area (Å²) in [5.41, 5.74) is 0.864. The van der Waals surface area contributed by atoms with Crippen molar-refractivity contribution in [2.45, 2.75) is 19.3 Å². The van der Waals surface area contributed by atoms with Crippen LogP contribution in [0.25, 0.3) is 0 Å². The number of rotatable bonds is 2. The molecule has 4 heteroatoms. The molecule has 1 aliphatic rings. The Bertz CT molecular complexity index is 378. The van der Waals surface area contributed by atoms with Crippen molar-refractivity contribution in [1.82, 2.24) is 4.90 Å². The number of likely N-dealkylation sites (tertiary alicyclic amines) is 1. The van der Waals surface area contributed by atoms with Crippen LogP contribution < -0.4 is 0 Å². The van der Waals surface area contributed by atoms with Crippen LogP contribution >= 0.6 is 23.2 Å². The van der Waals surface area contributed by atoms with Gasteiger partial charge in [-0.05, 0) is 30.5 Å². The van der Waals surface area contributed by atoms with E-state index in [1.807, 2.05) is 18.2 Å². The van der Waals surface area contributed by atoms with Crippen LogP contribution in [0.2, 0.25) is 10.0 Å². The molecule has 0 aliphatic carbocycles. The SMILES string of the molecule is N=C(Cc1c(Cl)cccc1Cl)N1CCCC1. The van der Waals surface area contributed by atoms with E-state index in [9.17, 15) is 0 Å². The number of halogens is 2. The smallest absolute Gasteiger partial charge is 0.100 e. The molecule has 86 valence electrons. The first-order valence-corrected chi connectivity index (χ1v) is 6.19. The Hall–Kier alpha value is -0.730. The van der Waals surface area contributed by atoms with Crippen molar-refractivity contribution in [2.75, 3.05) is 13.1 Å². The Morgan fingerprint density at radius 1 is 1.19 bits per heavy atom. The molecule has 1 N–H and O–H groups in total. The normalized spacial score (nSPS) is 15.5. The van der Waals surface area contributed by atoms with Gasteiger partial charge in [-0.25, -0.2) is 0 Å². The minimum Gasteiger partial charge on any atom is -0.360 e. The molecular formula is C12H14Cl2N2. The van der Waals surface area contributed by atoms with Gasteiger partial charge in [-0.3, -0.25) is 5.41 Å². The summed E-state index contributed by atoms with van der Waals surface area (Å²) in [5.74, 6) is 0.618. The number of hydrogen-bond donors (Lipinski definition) is 1. The van der Waals surface area contributed by atoms with Crippen molar-refractivity contribution in [3.05, 3.63) is 33.8 Å². The number of hydrogen-bond acceptors (Lipinski definition) is 1. The van der Waals surface area contributed by atoms with Crippen LogP contribution in [0.15, 0.2) is 18.2 Å². The molecule has 2 rings (SSSR count). The van der Waals surface area contributed by atoms with Gasteiger partial charge in [-0.15, -0.1) is 0 Å². The highest BCUT2D eigenvalue weighted by Crippen LogP contribution is 2.25. The molecule has 0 aromatic heterocycles. The summed E-state index contributed by atoms with van der Waals surface area (Å²) in [6, 6.07) is 5.47. The van der Waals surface area contributed by atoms with E-state index in [2.05, 4.69) is 4.90 Å². The molecule has 1 fully saturated rings. The van der Waals surface area contributed by atoms with Crippen LogP contribution in [0.5, 0.6) is 0 Å². The summed E-state index contributed by atoms with van der Waals surface area (Å²) >= 11 is 12.2. The average Bonchev–Trinajstić information content (AvgIpc) is 2.76. The second-order valence-corrected chi connectivity index (χ2v) is 4.83. The van der Waals surface area contributed by atoms with Crippen molar-refractivity contribution in [2.24, 2.45) is 0 Å². The third-order valence-electron chi connectivity index (χ3n) is 2.89. The Morgan fingerprint density at radius 3 is 2.31 bits per heavy atom. The molecule has 2 nitrogen and oxygen atoms in total. The minimum atomic E-state index is 0.526. The lowest BCUT2D eigenvalue weighted by atomic mass is 10.1. The monoisotopic (exact) mass is 256 g/mol. The van der Waals surface area contributed by atoms with Crippen LogP contribution in [0, 0.1) is 5.41 Å². The molecule has 0 amide bonds. The molecule has 0 unspecified atom stereocenters. The largest absolute Gasteiger partial charge is 0.360 e. The summed E-state index contributed by atoms with van der Waals surface area (Å²) in [5, 5.41) is 9.32. The van der Waals surface area contributed by atoms with E-state index in [0.717, 1.165) is 18.7 Å². The molecule has 1 aliphatic heterocycles. The number of benzene rings is 1. The molecule has 1 aromatic rings. The van der Waals surface area contributed by atoms with Gasteiger partial charge in [0.05, 0.1) is 0 Å². The first-order chi connectivity index (χ1) is 7.68. The molecular weight excluding hydrogens is 243 g/mol. The van der Waals surface area contributed by atoms with E-state index in [1.165, 1.54) is 12.8 Å². The van der Waals surface area contributed by atoms with Crippen LogP contribution in [0.1, 0.15) is 18.4 Å². The Morgan fingerprint density at radius 2 is 1.75 bits per heavy atom. The third kappa shape index (κ3) is 2.50. The van der Waals surface area contributed by atoms with Crippen LogP contribution in [-0.2, 0) is 6.42 Å².